The Morgan fingerprint density at radius 3 is 2.75 bits per heavy atom. The number of nitrogens with zero attached hydrogens (tertiary/aromatic N) is 2. The molecule has 3 aromatic rings. The highest BCUT2D eigenvalue weighted by Gasteiger charge is 2.16. The fourth-order valence-electron chi connectivity index (χ4n) is 2.99. The van der Waals surface area contributed by atoms with Crippen molar-refractivity contribution in [1.82, 2.24) is 4.57 Å². The predicted octanol–water partition coefficient (Wildman–Crippen LogP) is 4.16. The molecule has 1 aliphatic heterocycles. The first-order valence-corrected chi connectivity index (χ1v) is 9.52. The van der Waals surface area contributed by atoms with Gasteiger partial charge < -0.3 is 9.84 Å². The number of carbonyl (C=O) groups is 1. The van der Waals surface area contributed by atoms with Gasteiger partial charge in [-0.3, -0.25) is 15.0 Å². The van der Waals surface area contributed by atoms with E-state index in [1.807, 2.05) is 30.3 Å². The largest absolute Gasteiger partial charge is 0.493 e. The number of rotatable bonds is 4. The molecule has 6 nitrogen and oxygen atoms in total. The molecular formula is C21H17N3O3S. The number of hydrogen-bond acceptors (Lipinski definition) is 6. The lowest BCUT2D eigenvalue weighted by Crippen LogP contribution is -2.11. The van der Waals surface area contributed by atoms with Crippen LogP contribution in [-0.4, -0.2) is 28.5 Å². The third-order valence-electron chi connectivity index (χ3n) is 4.32. The molecule has 0 spiro atoms. The van der Waals surface area contributed by atoms with Crippen molar-refractivity contribution in [2.24, 2.45) is 4.99 Å². The number of para-hydroxylation sites is 1. The van der Waals surface area contributed by atoms with Gasteiger partial charge in [0, 0.05) is 17.4 Å². The second kappa shape index (κ2) is 7.28. The van der Waals surface area contributed by atoms with Crippen molar-refractivity contribution >= 4 is 40.9 Å². The second-order valence-corrected chi connectivity index (χ2v) is 7.10. The zero-order chi connectivity index (χ0) is 19.7. The number of allylic oxidation sites excluding steroid dienone is 1. The van der Waals surface area contributed by atoms with Gasteiger partial charge in [0.25, 0.3) is 0 Å². The maximum atomic E-state index is 11.8. The summed E-state index contributed by atoms with van der Waals surface area (Å²) in [6.07, 6.45) is 3.59. The summed E-state index contributed by atoms with van der Waals surface area (Å²) in [5, 5.41) is 19.0. The predicted molar refractivity (Wildman–Crippen MR) is 110 cm³/mol. The second-order valence-electron chi connectivity index (χ2n) is 6.07. The van der Waals surface area contributed by atoms with Gasteiger partial charge in [-0.15, -0.1) is 0 Å². The molecule has 0 aliphatic carbocycles. The standard InChI is InChI=1S/C21H17N3O3S/c1-2-27-20(26)13-7-9-15(10-8-13)24-19(25)18(28-21(24)22)11-14-12-23-17-6-4-3-5-16(14)17/h3-12,22,25H,2H2,1H3/b14-11+,22-21?. The van der Waals surface area contributed by atoms with Crippen LogP contribution < -0.4 is 4.80 Å². The quantitative estimate of drug-likeness (QED) is 0.655. The molecule has 7 heteroatoms. The van der Waals surface area contributed by atoms with Crippen molar-refractivity contribution in [3.63, 3.8) is 0 Å². The number of nitrogens with one attached hydrogen (secondary N) is 1. The molecule has 140 valence electrons. The van der Waals surface area contributed by atoms with Crippen molar-refractivity contribution in [3.8, 4) is 11.6 Å². The third kappa shape index (κ3) is 3.16. The van der Waals surface area contributed by atoms with Gasteiger partial charge in [-0.2, -0.15) is 0 Å². The molecule has 0 unspecified atom stereocenters. The van der Waals surface area contributed by atoms with Gasteiger partial charge in [-0.05, 0) is 43.3 Å². The van der Waals surface area contributed by atoms with Crippen LogP contribution in [0.5, 0.6) is 5.88 Å². The number of aromatic hydroxyl groups is 1. The van der Waals surface area contributed by atoms with Crippen molar-refractivity contribution in [3.05, 3.63) is 69.3 Å². The van der Waals surface area contributed by atoms with Crippen LogP contribution in [0.3, 0.4) is 0 Å². The Hall–Kier alpha value is -3.45. The summed E-state index contributed by atoms with van der Waals surface area (Å²) < 4.78 is 6.41. The molecule has 0 saturated heterocycles. The summed E-state index contributed by atoms with van der Waals surface area (Å²) in [5.41, 5.74) is 3.79. The molecule has 0 atom stereocenters. The van der Waals surface area contributed by atoms with E-state index in [1.54, 1.807) is 37.4 Å². The zero-order valence-electron chi connectivity index (χ0n) is 15.0. The lowest BCUT2D eigenvalue weighted by Gasteiger charge is -2.06. The summed E-state index contributed by atoms with van der Waals surface area (Å²) in [7, 11) is 0. The highest BCUT2D eigenvalue weighted by atomic mass is 32.1. The number of aromatic nitrogens is 1. The number of fused-ring (bicyclic) bond motifs is 1. The Morgan fingerprint density at radius 2 is 2.00 bits per heavy atom. The molecule has 0 amide bonds. The van der Waals surface area contributed by atoms with E-state index >= 15 is 0 Å². The first-order chi connectivity index (χ1) is 13.6. The molecule has 0 saturated carbocycles. The summed E-state index contributed by atoms with van der Waals surface area (Å²) in [6.45, 7) is 2.06. The van der Waals surface area contributed by atoms with Crippen molar-refractivity contribution < 1.29 is 14.6 Å². The molecule has 4 rings (SSSR count). The van der Waals surface area contributed by atoms with Crippen LogP contribution in [-0.2, 0) is 4.74 Å². The summed E-state index contributed by atoms with van der Waals surface area (Å²) in [6, 6.07) is 14.4. The van der Waals surface area contributed by atoms with E-state index in [0.717, 1.165) is 16.8 Å². The average molecular weight is 391 g/mol. The van der Waals surface area contributed by atoms with Gasteiger partial charge in [0.15, 0.2) is 4.80 Å². The first kappa shape index (κ1) is 17.9. The molecule has 0 fully saturated rings. The highest BCUT2D eigenvalue weighted by molar-refractivity contribution is 7.10. The van der Waals surface area contributed by atoms with Crippen LogP contribution in [0, 0.1) is 5.41 Å². The number of benzene rings is 2. The maximum absolute atomic E-state index is 11.8. The number of esters is 1. The number of thiazole rings is 1. The van der Waals surface area contributed by atoms with E-state index < -0.39 is 5.97 Å². The van der Waals surface area contributed by atoms with Crippen molar-refractivity contribution in [1.29, 1.82) is 5.41 Å². The average Bonchev–Trinajstić information content (AvgIpc) is 3.23. The van der Waals surface area contributed by atoms with Gasteiger partial charge in [0.1, 0.15) is 0 Å². The number of hydrogen-bond donors (Lipinski definition) is 2. The number of aliphatic imine (C=N–C) groups is 1. The van der Waals surface area contributed by atoms with E-state index in [0.29, 0.717) is 22.7 Å². The van der Waals surface area contributed by atoms with E-state index in [9.17, 15) is 9.90 Å². The Bertz CT molecular complexity index is 1170. The Balaban J connectivity index is 1.70. The Morgan fingerprint density at radius 1 is 1.25 bits per heavy atom. The molecular weight excluding hydrogens is 374 g/mol. The molecule has 1 aliphatic rings. The SMILES string of the molecule is CCOC(=O)c1ccc(-n2c(O)c(/C=C3\C=Nc4ccccc43)sc2=N)cc1. The lowest BCUT2D eigenvalue weighted by molar-refractivity contribution is 0.0526. The van der Waals surface area contributed by atoms with Gasteiger partial charge >= 0.3 is 5.97 Å². The molecule has 28 heavy (non-hydrogen) atoms. The van der Waals surface area contributed by atoms with Gasteiger partial charge in [0.05, 0.1) is 28.4 Å². The van der Waals surface area contributed by atoms with Crippen molar-refractivity contribution in [2.75, 3.05) is 6.61 Å². The highest BCUT2D eigenvalue weighted by Crippen LogP contribution is 2.34. The van der Waals surface area contributed by atoms with Gasteiger partial charge in [0.2, 0.25) is 5.88 Å². The fourth-order valence-corrected chi connectivity index (χ4v) is 3.85. The van der Waals surface area contributed by atoms with E-state index in [4.69, 9.17) is 10.1 Å². The molecule has 2 aromatic carbocycles. The first-order valence-electron chi connectivity index (χ1n) is 8.70. The van der Waals surface area contributed by atoms with E-state index in [1.165, 1.54) is 15.9 Å². The van der Waals surface area contributed by atoms with Gasteiger partial charge in [-0.1, -0.05) is 29.5 Å². The van der Waals surface area contributed by atoms with Crippen LogP contribution in [0.15, 0.2) is 53.5 Å². The smallest absolute Gasteiger partial charge is 0.338 e. The third-order valence-corrected chi connectivity index (χ3v) is 5.22. The lowest BCUT2D eigenvalue weighted by atomic mass is 10.1. The van der Waals surface area contributed by atoms with E-state index in [2.05, 4.69) is 4.99 Å². The summed E-state index contributed by atoms with van der Waals surface area (Å²) in [5.74, 6) is -0.423. The minimum atomic E-state index is -0.399. The molecule has 1 aromatic heterocycles. The van der Waals surface area contributed by atoms with Crippen molar-refractivity contribution in [2.45, 2.75) is 6.92 Å². The fraction of sp³-hybridized carbons (Fsp3) is 0.0952. The number of carbonyl (C=O) groups excluding carboxylic acids is 1. The van der Waals surface area contributed by atoms with Crippen LogP contribution in [0.1, 0.15) is 27.7 Å². The summed E-state index contributed by atoms with van der Waals surface area (Å²) >= 11 is 1.17. The molecule has 2 heterocycles. The van der Waals surface area contributed by atoms with E-state index in [-0.39, 0.29) is 10.7 Å². The minimum absolute atomic E-state index is 0.0239. The van der Waals surface area contributed by atoms with Crippen LogP contribution in [0.4, 0.5) is 5.69 Å². The maximum Gasteiger partial charge on any atom is 0.338 e. The molecule has 2 N–H and O–H groups in total. The Labute approximate surface area is 165 Å². The van der Waals surface area contributed by atoms with Crippen LogP contribution >= 0.6 is 11.3 Å². The monoisotopic (exact) mass is 391 g/mol. The number of ether oxygens (including phenoxy) is 1. The molecule has 0 bridgehead atoms. The van der Waals surface area contributed by atoms with Gasteiger partial charge in [-0.25, -0.2) is 4.79 Å². The Kier molecular flexibility index (Phi) is 4.67. The summed E-state index contributed by atoms with van der Waals surface area (Å²) in [4.78, 5) is 16.9. The van der Waals surface area contributed by atoms with Crippen LogP contribution in [0.2, 0.25) is 0 Å². The normalized spacial score (nSPS) is 13.7. The topological polar surface area (TPSA) is 87.7 Å². The van der Waals surface area contributed by atoms with Crippen LogP contribution in [0.25, 0.3) is 17.3 Å². The molecule has 0 radical (unpaired) electrons. The zero-order valence-corrected chi connectivity index (χ0v) is 15.9. The minimum Gasteiger partial charge on any atom is -0.493 e.